The normalized spacial score (nSPS) is 13.3. The maximum atomic E-state index is 14.5. The molecule has 47 heavy (non-hydrogen) atoms. The lowest BCUT2D eigenvalue weighted by atomic mass is 10.1. The van der Waals surface area contributed by atoms with Gasteiger partial charge in [0.15, 0.2) is 0 Å². The van der Waals surface area contributed by atoms with Gasteiger partial charge in [0.2, 0.25) is 0 Å². The molecule has 2 N–H and O–H groups in total. The van der Waals surface area contributed by atoms with E-state index in [9.17, 15) is 19.2 Å². The second kappa shape index (κ2) is 14.4. The zero-order valence-corrected chi connectivity index (χ0v) is 27.4. The van der Waals surface area contributed by atoms with Gasteiger partial charge in [-0.05, 0) is 57.9 Å². The number of hydrogen-bond acceptors (Lipinski definition) is 5. The van der Waals surface area contributed by atoms with E-state index in [-0.39, 0.29) is 49.5 Å². The van der Waals surface area contributed by atoms with Gasteiger partial charge >= 0.3 is 17.8 Å². The Bertz CT molecular complexity index is 1770. The molecule has 1 aliphatic rings. The molecule has 0 aliphatic carbocycles. The van der Waals surface area contributed by atoms with Crippen LogP contribution in [0.4, 0.5) is 15.3 Å². The molecule has 1 aromatic heterocycles. The Morgan fingerprint density at radius 2 is 1.40 bits per heavy atom. The van der Waals surface area contributed by atoms with Gasteiger partial charge in [-0.3, -0.25) is 13.9 Å². The van der Waals surface area contributed by atoms with Crippen LogP contribution >= 0.6 is 0 Å². The molecule has 11 heteroatoms. The summed E-state index contributed by atoms with van der Waals surface area (Å²) < 4.78 is 8.68. The van der Waals surface area contributed by atoms with Crippen molar-refractivity contribution in [1.82, 2.24) is 24.3 Å². The van der Waals surface area contributed by atoms with Crippen LogP contribution in [0, 0.1) is 6.92 Å². The summed E-state index contributed by atoms with van der Waals surface area (Å²) >= 11 is 0. The monoisotopic (exact) mass is 638 g/mol. The van der Waals surface area contributed by atoms with Crippen molar-refractivity contribution in [1.29, 1.82) is 0 Å². The minimum absolute atomic E-state index is 0.197. The minimum atomic E-state index is -0.625. The van der Waals surface area contributed by atoms with Gasteiger partial charge in [0, 0.05) is 50.5 Å². The average molecular weight is 639 g/mol. The SMILES string of the molecule is Cc1ccccc1-n1c(-c2ccccc2)c(C(=O)N2CCN(C(=O)OC(C)(C)C)CC2)n(CCCNC(=O)Nc2ccccc2)c1=O. The van der Waals surface area contributed by atoms with E-state index in [0.717, 1.165) is 11.1 Å². The lowest BCUT2D eigenvalue weighted by Gasteiger charge is -2.35. The van der Waals surface area contributed by atoms with Gasteiger partial charge < -0.3 is 25.2 Å². The Hall–Kier alpha value is -5.32. The summed E-state index contributed by atoms with van der Waals surface area (Å²) in [6, 6.07) is 25.8. The van der Waals surface area contributed by atoms with Crippen LogP contribution in [0.25, 0.3) is 16.9 Å². The van der Waals surface area contributed by atoms with Crippen LogP contribution in [0.5, 0.6) is 0 Å². The molecular formula is C36H42N6O5. The first kappa shape index (κ1) is 33.1. The minimum Gasteiger partial charge on any atom is -0.444 e. The number of aromatic nitrogens is 2. The number of para-hydroxylation sites is 2. The maximum absolute atomic E-state index is 14.5. The first-order valence-corrected chi connectivity index (χ1v) is 15.9. The van der Waals surface area contributed by atoms with Gasteiger partial charge in [-0.2, -0.15) is 0 Å². The molecular weight excluding hydrogens is 596 g/mol. The number of anilines is 1. The van der Waals surface area contributed by atoms with E-state index in [1.54, 1.807) is 26.5 Å². The summed E-state index contributed by atoms with van der Waals surface area (Å²) in [5, 5.41) is 5.63. The average Bonchev–Trinajstić information content (AvgIpc) is 3.34. The van der Waals surface area contributed by atoms with Crippen molar-refractivity contribution >= 4 is 23.7 Å². The summed E-state index contributed by atoms with van der Waals surface area (Å²) in [5.41, 5.74) is 2.75. The zero-order valence-electron chi connectivity index (χ0n) is 27.4. The number of amides is 4. The number of nitrogens with zero attached hydrogens (tertiary/aromatic N) is 4. The number of imidazole rings is 1. The summed E-state index contributed by atoms with van der Waals surface area (Å²) in [4.78, 5) is 57.3. The second-order valence-electron chi connectivity index (χ2n) is 12.5. The number of rotatable bonds is 8. The van der Waals surface area contributed by atoms with E-state index in [0.29, 0.717) is 36.6 Å². The third kappa shape index (κ3) is 7.92. The third-order valence-corrected chi connectivity index (χ3v) is 7.84. The van der Waals surface area contributed by atoms with Crippen LogP contribution in [-0.2, 0) is 11.3 Å². The van der Waals surface area contributed by atoms with Gasteiger partial charge in [0.05, 0.1) is 11.4 Å². The highest BCUT2D eigenvalue weighted by Gasteiger charge is 2.33. The summed E-state index contributed by atoms with van der Waals surface area (Å²) in [6.45, 7) is 9.06. The summed E-state index contributed by atoms with van der Waals surface area (Å²) in [5.74, 6) is -0.299. The van der Waals surface area contributed by atoms with Crippen LogP contribution in [0.3, 0.4) is 0 Å². The van der Waals surface area contributed by atoms with Crippen LogP contribution in [-0.4, -0.2) is 75.3 Å². The third-order valence-electron chi connectivity index (χ3n) is 7.84. The van der Waals surface area contributed by atoms with Crippen molar-refractivity contribution in [3.8, 4) is 16.9 Å². The fraction of sp³-hybridized carbons (Fsp3) is 0.333. The molecule has 11 nitrogen and oxygen atoms in total. The Morgan fingerprint density at radius 3 is 2.04 bits per heavy atom. The quantitative estimate of drug-likeness (QED) is 0.247. The number of carbonyl (C=O) groups is 3. The van der Waals surface area contributed by atoms with E-state index in [4.69, 9.17) is 4.74 Å². The maximum Gasteiger partial charge on any atom is 0.410 e. The van der Waals surface area contributed by atoms with Crippen molar-refractivity contribution in [2.45, 2.75) is 46.3 Å². The fourth-order valence-electron chi connectivity index (χ4n) is 5.57. The number of hydrogen-bond donors (Lipinski definition) is 2. The molecule has 246 valence electrons. The van der Waals surface area contributed by atoms with Crippen molar-refractivity contribution in [3.63, 3.8) is 0 Å². The number of aryl methyl sites for hydroxylation is 1. The Morgan fingerprint density at radius 1 is 0.809 bits per heavy atom. The van der Waals surface area contributed by atoms with Crippen molar-refractivity contribution in [2.75, 3.05) is 38.0 Å². The molecule has 4 amide bonds. The molecule has 1 fully saturated rings. The molecule has 0 atom stereocenters. The first-order valence-electron chi connectivity index (χ1n) is 15.9. The predicted octanol–water partition coefficient (Wildman–Crippen LogP) is 5.52. The lowest BCUT2D eigenvalue weighted by molar-refractivity contribution is 0.0139. The Labute approximate surface area is 274 Å². The van der Waals surface area contributed by atoms with Gasteiger partial charge in [-0.15, -0.1) is 0 Å². The lowest BCUT2D eigenvalue weighted by Crippen LogP contribution is -2.52. The molecule has 3 aromatic carbocycles. The van der Waals surface area contributed by atoms with Crippen LogP contribution < -0.4 is 16.3 Å². The molecule has 0 bridgehead atoms. The van der Waals surface area contributed by atoms with Gasteiger partial charge in [-0.1, -0.05) is 66.7 Å². The van der Waals surface area contributed by atoms with Crippen LogP contribution in [0.2, 0.25) is 0 Å². The van der Waals surface area contributed by atoms with E-state index < -0.39 is 11.7 Å². The molecule has 0 unspecified atom stereocenters. The van der Waals surface area contributed by atoms with E-state index in [1.165, 1.54) is 4.57 Å². The van der Waals surface area contributed by atoms with E-state index in [1.807, 2.05) is 100 Å². The van der Waals surface area contributed by atoms with Crippen molar-refractivity contribution < 1.29 is 19.1 Å². The van der Waals surface area contributed by atoms with Gasteiger partial charge in [0.1, 0.15) is 11.3 Å². The molecule has 4 aromatic rings. The van der Waals surface area contributed by atoms with E-state index in [2.05, 4.69) is 10.6 Å². The first-order chi connectivity index (χ1) is 22.5. The highest BCUT2D eigenvalue weighted by molar-refractivity contribution is 5.99. The molecule has 1 aliphatic heterocycles. The van der Waals surface area contributed by atoms with Crippen molar-refractivity contribution in [3.05, 3.63) is 107 Å². The largest absolute Gasteiger partial charge is 0.444 e. The number of nitrogens with one attached hydrogen (secondary N) is 2. The topological polar surface area (TPSA) is 118 Å². The predicted molar refractivity (Wildman–Crippen MR) is 182 cm³/mol. The van der Waals surface area contributed by atoms with Crippen molar-refractivity contribution in [2.24, 2.45) is 0 Å². The highest BCUT2D eigenvalue weighted by atomic mass is 16.6. The molecule has 0 saturated carbocycles. The molecule has 5 rings (SSSR count). The Balaban J connectivity index is 1.46. The molecule has 1 saturated heterocycles. The fourth-order valence-corrected chi connectivity index (χ4v) is 5.57. The number of urea groups is 1. The highest BCUT2D eigenvalue weighted by Crippen LogP contribution is 2.29. The smallest absolute Gasteiger partial charge is 0.410 e. The summed E-state index contributed by atoms with van der Waals surface area (Å²) in [6.07, 6.45) is -0.0121. The standard InChI is InChI=1S/C36H42N6O5/c1-26-14-11-12-19-29(26)42-30(27-15-7-5-8-16-27)31(32(43)39-22-24-40(25-23-39)35(46)47-36(2,3)4)41(34(42)45)21-13-20-37-33(44)38-28-17-9-6-10-18-28/h5-12,14-19H,13,20-25H2,1-4H3,(H2,37,38,44). The second-order valence-corrected chi connectivity index (χ2v) is 12.5. The van der Waals surface area contributed by atoms with E-state index >= 15 is 0 Å². The van der Waals surface area contributed by atoms with Crippen LogP contribution in [0.1, 0.15) is 43.2 Å². The number of ether oxygens (including phenoxy) is 1. The van der Waals surface area contributed by atoms with Crippen LogP contribution in [0.15, 0.2) is 89.7 Å². The number of piperazine rings is 1. The Kier molecular flexibility index (Phi) is 10.1. The molecule has 0 spiro atoms. The molecule has 0 radical (unpaired) electrons. The van der Waals surface area contributed by atoms with Gasteiger partial charge in [-0.25, -0.2) is 14.4 Å². The number of carbonyl (C=O) groups excluding carboxylic acids is 3. The summed E-state index contributed by atoms with van der Waals surface area (Å²) in [7, 11) is 0. The molecule has 2 heterocycles. The zero-order chi connectivity index (χ0) is 33.6. The van der Waals surface area contributed by atoms with Gasteiger partial charge in [0.25, 0.3) is 5.91 Å². The number of benzene rings is 3.